The first-order valence-electron chi connectivity index (χ1n) is 8.84. The van der Waals surface area contributed by atoms with Crippen LogP contribution in [-0.2, 0) is 26.0 Å². The Bertz CT molecular complexity index is 1120. The summed E-state index contributed by atoms with van der Waals surface area (Å²) in [6.07, 6.45) is 0.263. The summed E-state index contributed by atoms with van der Waals surface area (Å²) >= 11 is 0. The molecule has 0 amide bonds. The Labute approximate surface area is 161 Å². The number of aryl methyl sites for hydroxylation is 1. The van der Waals surface area contributed by atoms with Gasteiger partial charge in [-0.2, -0.15) is 4.31 Å². The van der Waals surface area contributed by atoms with Crippen LogP contribution in [0.2, 0.25) is 0 Å². The summed E-state index contributed by atoms with van der Waals surface area (Å²) in [5.74, 6) is -0.531. The maximum Gasteiger partial charge on any atom is 0.325 e. The quantitative estimate of drug-likeness (QED) is 0.699. The topological polar surface area (TPSA) is 129 Å². The second kappa shape index (κ2) is 7.72. The number of esters is 1. The summed E-state index contributed by atoms with van der Waals surface area (Å²) < 4.78 is 32.8. The second-order valence-electron chi connectivity index (χ2n) is 6.45. The Balaban J connectivity index is 2.12. The Morgan fingerprint density at radius 3 is 2.64 bits per heavy atom. The van der Waals surface area contributed by atoms with E-state index in [2.05, 4.69) is 4.98 Å². The van der Waals surface area contributed by atoms with Gasteiger partial charge in [0.05, 0.1) is 19.1 Å². The SMILES string of the molecule is CCOC(=O)C[C@@H]1c2ccccc2CCN1S(=O)(=O)c1c(C)[nH]c(=O)[nH]c1=O. The molecule has 10 heteroatoms. The lowest BCUT2D eigenvalue weighted by Gasteiger charge is -2.35. The largest absolute Gasteiger partial charge is 0.466 e. The van der Waals surface area contributed by atoms with Gasteiger partial charge in [0.1, 0.15) is 0 Å². The smallest absolute Gasteiger partial charge is 0.325 e. The van der Waals surface area contributed by atoms with Crippen molar-refractivity contribution in [3.63, 3.8) is 0 Å². The van der Waals surface area contributed by atoms with E-state index in [1.165, 1.54) is 6.92 Å². The molecule has 2 N–H and O–H groups in total. The fourth-order valence-electron chi connectivity index (χ4n) is 3.52. The summed E-state index contributed by atoms with van der Waals surface area (Å²) in [6, 6.07) is 6.46. The van der Waals surface area contributed by atoms with E-state index in [0.717, 1.165) is 9.87 Å². The van der Waals surface area contributed by atoms with Gasteiger partial charge in [-0.3, -0.25) is 14.6 Å². The lowest BCUT2D eigenvalue weighted by atomic mass is 9.92. The first kappa shape index (κ1) is 20.0. The molecule has 3 rings (SSSR count). The number of hydrogen-bond acceptors (Lipinski definition) is 6. The highest BCUT2D eigenvalue weighted by Crippen LogP contribution is 2.36. The third-order valence-electron chi connectivity index (χ3n) is 4.67. The molecule has 1 aromatic heterocycles. The fourth-order valence-corrected chi connectivity index (χ4v) is 5.33. The molecule has 1 atom stereocenters. The van der Waals surface area contributed by atoms with Crippen molar-refractivity contribution in [2.45, 2.75) is 37.6 Å². The monoisotopic (exact) mass is 407 g/mol. The molecule has 0 unspecified atom stereocenters. The Morgan fingerprint density at radius 1 is 1.25 bits per heavy atom. The van der Waals surface area contributed by atoms with Crippen LogP contribution in [0.3, 0.4) is 0 Å². The minimum atomic E-state index is -4.28. The van der Waals surface area contributed by atoms with E-state index in [9.17, 15) is 22.8 Å². The van der Waals surface area contributed by atoms with Crippen LogP contribution in [-0.4, -0.2) is 41.8 Å². The number of fused-ring (bicyclic) bond motifs is 1. The molecule has 9 nitrogen and oxygen atoms in total. The number of H-pyrrole nitrogens is 2. The molecule has 2 aromatic rings. The lowest BCUT2D eigenvalue weighted by molar-refractivity contribution is -0.144. The van der Waals surface area contributed by atoms with E-state index < -0.39 is 38.2 Å². The molecule has 0 bridgehead atoms. The zero-order valence-corrected chi connectivity index (χ0v) is 16.3. The van der Waals surface area contributed by atoms with Gasteiger partial charge in [0.25, 0.3) is 15.6 Å². The fraction of sp³-hybridized carbons (Fsp3) is 0.389. The molecular weight excluding hydrogens is 386 g/mol. The van der Waals surface area contributed by atoms with Crippen molar-refractivity contribution < 1.29 is 17.9 Å². The molecule has 2 heterocycles. The maximum absolute atomic E-state index is 13.3. The van der Waals surface area contributed by atoms with Crippen LogP contribution in [0.4, 0.5) is 0 Å². The number of aromatic nitrogens is 2. The highest BCUT2D eigenvalue weighted by atomic mass is 32.2. The van der Waals surface area contributed by atoms with Crippen LogP contribution in [0.15, 0.2) is 38.8 Å². The van der Waals surface area contributed by atoms with Crippen molar-refractivity contribution in [2.24, 2.45) is 0 Å². The van der Waals surface area contributed by atoms with E-state index in [1.54, 1.807) is 19.1 Å². The molecule has 1 aromatic carbocycles. The molecule has 1 aliphatic heterocycles. The number of nitrogens with zero attached hydrogens (tertiary/aromatic N) is 1. The van der Waals surface area contributed by atoms with Gasteiger partial charge in [0.2, 0.25) is 0 Å². The number of aromatic amines is 2. The number of ether oxygens (including phenoxy) is 1. The number of carbonyl (C=O) groups is 1. The second-order valence-corrected chi connectivity index (χ2v) is 8.28. The number of nitrogens with one attached hydrogen (secondary N) is 2. The molecule has 28 heavy (non-hydrogen) atoms. The standard InChI is InChI=1S/C18H21N3O6S/c1-3-27-15(22)10-14-13-7-5-4-6-12(13)8-9-21(14)28(25,26)16-11(2)19-18(24)20-17(16)23/h4-7,14H,3,8-10H2,1-2H3,(H2,19,20,23,24)/t14-/m1/s1. The zero-order valence-electron chi connectivity index (χ0n) is 15.5. The summed E-state index contributed by atoms with van der Waals surface area (Å²) in [7, 11) is -4.28. The van der Waals surface area contributed by atoms with Crippen LogP contribution >= 0.6 is 0 Å². The van der Waals surface area contributed by atoms with Gasteiger partial charge in [-0.25, -0.2) is 13.2 Å². The number of carbonyl (C=O) groups excluding carboxylic acids is 1. The van der Waals surface area contributed by atoms with Gasteiger partial charge in [-0.05, 0) is 31.4 Å². The predicted molar refractivity (Wildman–Crippen MR) is 100 cm³/mol. The van der Waals surface area contributed by atoms with Crippen LogP contribution < -0.4 is 11.2 Å². The van der Waals surface area contributed by atoms with Gasteiger partial charge in [-0.1, -0.05) is 24.3 Å². The molecule has 0 aliphatic carbocycles. The average molecular weight is 407 g/mol. The van der Waals surface area contributed by atoms with E-state index in [-0.39, 0.29) is 25.3 Å². The minimum absolute atomic E-state index is 0.0532. The van der Waals surface area contributed by atoms with E-state index in [1.807, 2.05) is 17.1 Å². The average Bonchev–Trinajstić information content (AvgIpc) is 2.60. The number of benzene rings is 1. The molecule has 0 spiro atoms. The van der Waals surface area contributed by atoms with Crippen molar-refractivity contribution in [3.05, 3.63) is 61.9 Å². The Kier molecular flexibility index (Phi) is 5.52. The number of rotatable bonds is 5. The summed E-state index contributed by atoms with van der Waals surface area (Å²) in [5, 5.41) is 0. The van der Waals surface area contributed by atoms with Crippen LogP contribution in [0.25, 0.3) is 0 Å². The van der Waals surface area contributed by atoms with Gasteiger partial charge in [0, 0.05) is 12.2 Å². The number of hydrogen-bond donors (Lipinski definition) is 2. The molecule has 1 aliphatic rings. The van der Waals surface area contributed by atoms with E-state index >= 15 is 0 Å². The Hall–Kier alpha value is -2.72. The molecule has 150 valence electrons. The number of sulfonamides is 1. The molecule has 0 fully saturated rings. The van der Waals surface area contributed by atoms with Gasteiger partial charge in [-0.15, -0.1) is 0 Å². The molecule has 0 saturated heterocycles. The molecule has 0 radical (unpaired) electrons. The van der Waals surface area contributed by atoms with E-state index in [0.29, 0.717) is 12.0 Å². The maximum atomic E-state index is 13.3. The normalized spacial score (nSPS) is 17.1. The van der Waals surface area contributed by atoms with Crippen LogP contribution in [0, 0.1) is 6.92 Å². The predicted octanol–water partition coefficient (Wildman–Crippen LogP) is 0.613. The van der Waals surface area contributed by atoms with Crippen LogP contribution in [0.5, 0.6) is 0 Å². The van der Waals surface area contributed by atoms with Gasteiger partial charge < -0.3 is 9.72 Å². The molecule has 0 saturated carbocycles. The summed E-state index contributed by atoms with van der Waals surface area (Å²) in [5.41, 5.74) is -0.190. The van der Waals surface area contributed by atoms with Crippen molar-refractivity contribution in [1.29, 1.82) is 0 Å². The third-order valence-corrected chi connectivity index (χ3v) is 6.73. The zero-order chi connectivity index (χ0) is 20.5. The lowest BCUT2D eigenvalue weighted by Crippen LogP contribution is -2.44. The summed E-state index contributed by atoms with van der Waals surface area (Å²) in [6.45, 7) is 3.30. The van der Waals surface area contributed by atoms with Crippen LogP contribution in [0.1, 0.15) is 36.2 Å². The van der Waals surface area contributed by atoms with Crippen molar-refractivity contribution in [3.8, 4) is 0 Å². The summed E-state index contributed by atoms with van der Waals surface area (Å²) in [4.78, 5) is 39.6. The first-order valence-corrected chi connectivity index (χ1v) is 10.3. The van der Waals surface area contributed by atoms with Gasteiger partial charge in [0.15, 0.2) is 4.90 Å². The molecular formula is C18H21N3O6S. The third kappa shape index (κ3) is 3.65. The van der Waals surface area contributed by atoms with Crippen molar-refractivity contribution >= 4 is 16.0 Å². The Morgan fingerprint density at radius 2 is 1.96 bits per heavy atom. The first-order chi connectivity index (χ1) is 13.3. The van der Waals surface area contributed by atoms with E-state index in [4.69, 9.17) is 4.74 Å². The highest BCUT2D eigenvalue weighted by molar-refractivity contribution is 7.89. The van der Waals surface area contributed by atoms with Crippen molar-refractivity contribution in [1.82, 2.24) is 14.3 Å². The minimum Gasteiger partial charge on any atom is -0.466 e. The van der Waals surface area contributed by atoms with Crippen molar-refractivity contribution in [2.75, 3.05) is 13.2 Å². The highest BCUT2D eigenvalue weighted by Gasteiger charge is 2.39. The van der Waals surface area contributed by atoms with Gasteiger partial charge >= 0.3 is 11.7 Å².